The van der Waals surface area contributed by atoms with Crippen LogP contribution in [0.1, 0.15) is 51.7 Å². The van der Waals surface area contributed by atoms with Gasteiger partial charge in [0.15, 0.2) is 0 Å². The third-order valence-electron chi connectivity index (χ3n) is 9.69. The van der Waals surface area contributed by atoms with Crippen LogP contribution in [0.25, 0.3) is 11.1 Å². The Balaban J connectivity index is 1.26. The Hall–Kier alpha value is -5.08. The van der Waals surface area contributed by atoms with E-state index < -0.39 is 0 Å². The van der Waals surface area contributed by atoms with Crippen molar-refractivity contribution in [2.75, 3.05) is 9.80 Å². The molecule has 0 N–H and O–H groups in total. The molecule has 46 heavy (non-hydrogen) atoms. The van der Waals surface area contributed by atoms with E-state index in [1.54, 1.807) is 0 Å². The SMILES string of the molecule is CC1(C)CCC(C)(C)c2c(N(c3ccccc3)c3ccc(-c4ccc(N(c5ccccc5)c5ccccc5)cc4)cc3)cccc21. The van der Waals surface area contributed by atoms with Crippen LogP contribution in [0.5, 0.6) is 0 Å². The minimum absolute atomic E-state index is 0.0869. The van der Waals surface area contributed by atoms with E-state index >= 15 is 0 Å². The molecule has 2 nitrogen and oxygen atoms in total. The number of para-hydroxylation sites is 3. The van der Waals surface area contributed by atoms with E-state index in [1.807, 2.05) is 0 Å². The first-order valence-electron chi connectivity index (χ1n) is 16.4. The van der Waals surface area contributed by atoms with Crippen LogP contribution in [0.3, 0.4) is 0 Å². The van der Waals surface area contributed by atoms with Gasteiger partial charge < -0.3 is 9.80 Å². The molecule has 228 valence electrons. The maximum Gasteiger partial charge on any atom is 0.0502 e. The van der Waals surface area contributed by atoms with Gasteiger partial charge in [-0.25, -0.2) is 0 Å². The van der Waals surface area contributed by atoms with Crippen LogP contribution in [-0.2, 0) is 10.8 Å². The summed E-state index contributed by atoms with van der Waals surface area (Å²) in [6.45, 7) is 9.63. The van der Waals surface area contributed by atoms with Gasteiger partial charge in [0.25, 0.3) is 0 Å². The highest BCUT2D eigenvalue weighted by Crippen LogP contribution is 2.51. The van der Waals surface area contributed by atoms with Crippen molar-refractivity contribution in [2.45, 2.75) is 51.4 Å². The standard InChI is InChI=1S/C44H42N2/c1-43(2)31-32-44(3,4)42-40(43)21-14-22-41(42)46(37-19-12-7-13-20-37)39-29-25-34(26-30-39)33-23-27-38(28-24-33)45(35-15-8-5-9-16-35)36-17-10-6-11-18-36/h5-30H,31-32H2,1-4H3. The molecule has 0 amide bonds. The first-order valence-corrected chi connectivity index (χ1v) is 16.4. The van der Waals surface area contributed by atoms with Crippen LogP contribution in [0, 0.1) is 0 Å². The third-order valence-corrected chi connectivity index (χ3v) is 9.69. The summed E-state index contributed by atoms with van der Waals surface area (Å²) in [7, 11) is 0. The highest BCUT2D eigenvalue weighted by molar-refractivity contribution is 5.82. The Morgan fingerprint density at radius 1 is 0.370 bits per heavy atom. The van der Waals surface area contributed by atoms with Gasteiger partial charge in [-0.1, -0.05) is 119 Å². The zero-order valence-electron chi connectivity index (χ0n) is 27.3. The second kappa shape index (κ2) is 12.0. The molecule has 1 aliphatic rings. The number of anilines is 6. The molecule has 0 spiro atoms. The molecule has 0 bridgehead atoms. The van der Waals surface area contributed by atoms with E-state index in [2.05, 4.69) is 195 Å². The van der Waals surface area contributed by atoms with E-state index in [4.69, 9.17) is 0 Å². The molecule has 7 rings (SSSR count). The summed E-state index contributed by atoms with van der Waals surface area (Å²) in [5.41, 5.74) is 12.6. The molecule has 0 saturated heterocycles. The molecule has 0 aliphatic heterocycles. The van der Waals surface area contributed by atoms with Crippen LogP contribution < -0.4 is 9.80 Å². The lowest BCUT2D eigenvalue weighted by Gasteiger charge is -2.44. The van der Waals surface area contributed by atoms with Crippen molar-refractivity contribution >= 4 is 34.1 Å². The summed E-state index contributed by atoms with van der Waals surface area (Å²) in [5, 5.41) is 0. The molecule has 6 aromatic carbocycles. The Labute approximate surface area is 274 Å². The largest absolute Gasteiger partial charge is 0.311 e. The Morgan fingerprint density at radius 2 is 0.761 bits per heavy atom. The van der Waals surface area contributed by atoms with E-state index in [1.165, 1.54) is 52.2 Å². The molecular weight excluding hydrogens is 556 g/mol. The van der Waals surface area contributed by atoms with Crippen LogP contribution in [0.2, 0.25) is 0 Å². The van der Waals surface area contributed by atoms with Crippen molar-refractivity contribution in [3.8, 4) is 11.1 Å². The number of fused-ring (bicyclic) bond motifs is 1. The first kappa shape index (κ1) is 29.6. The Bertz CT molecular complexity index is 1870. The molecule has 2 heteroatoms. The minimum Gasteiger partial charge on any atom is -0.311 e. The number of nitrogens with zero attached hydrogens (tertiary/aromatic N) is 2. The second-order valence-electron chi connectivity index (χ2n) is 13.7. The molecule has 0 saturated carbocycles. The zero-order valence-corrected chi connectivity index (χ0v) is 27.3. The van der Waals surface area contributed by atoms with Crippen LogP contribution >= 0.6 is 0 Å². The molecule has 0 atom stereocenters. The maximum absolute atomic E-state index is 2.45. The monoisotopic (exact) mass is 598 g/mol. The van der Waals surface area contributed by atoms with Crippen molar-refractivity contribution in [1.29, 1.82) is 0 Å². The van der Waals surface area contributed by atoms with Crippen molar-refractivity contribution < 1.29 is 0 Å². The van der Waals surface area contributed by atoms with Gasteiger partial charge in [0.1, 0.15) is 0 Å². The van der Waals surface area contributed by atoms with Crippen molar-refractivity contribution in [1.82, 2.24) is 0 Å². The Morgan fingerprint density at radius 3 is 1.24 bits per heavy atom. The minimum atomic E-state index is 0.0869. The summed E-state index contributed by atoms with van der Waals surface area (Å²) in [6.07, 6.45) is 2.37. The van der Waals surface area contributed by atoms with Gasteiger partial charge in [0.2, 0.25) is 0 Å². The van der Waals surface area contributed by atoms with E-state index in [-0.39, 0.29) is 10.8 Å². The van der Waals surface area contributed by atoms with Gasteiger partial charge in [-0.15, -0.1) is 0 Å². The van der Waals surface area contributed by atoms with Gasteiger partial charge >= 0.3 is 0 Å². The lowest BCUT2D eigenvalue weighted by Crippen LogP contribution is -2.35. The smallest absolute Gasteiger partial charge is 0.0502 e. The average molecular weight is 599 g/mol. The quantitative estimate of drug-likeness (QED) is 0.180. The van der Waals surface area contributed by atoms with Gasteiger partial charge in [-0.2, -0.15) is 0 Å². The van der Waals surface area contributed by atoms with E-state index in [9.17, 15) is 0 Å². The molecular formula is C44H42N2. The predicted octanol–water partition coefficient (Wildman–Crippen LogP) is 12.6. The summed E-state index contributed by atoms with van der Waals surface area (Å²) < 4.78 is 0. The van der Waals surface area contributed by atoms with Gasteiger partial charge in [0.05, 0.1) is 5.69 Å². The third kappa shape index (κ3) is 5.61. The van der Waals surface area contributed by atoms with Crippen molar-refractivity contribution in [2.24, 2.45) is 0 Å². The van der Waals surface area contributed by atoms with Gasteiger partial charge in [-0.05, 0) is 113 Å². The number of rotatable bonds is 7. The number of hydrogen-bond donors (Lipinski definition) is 0. The van der Waals surface area contributed by atoms with Crippen LogP contribution in [0.15, 0.2) is 158 Å². The Kier molecular flexibility index (Phi) is 7.74. The summed E-state index contributed by atoms with van der Waals surface area (Å²) in [6, 6.07) is 56.8. The zero-order chi connectivity index (χ0) is 31.7. The van der Waals surface area contributed by atoms with Crippen LogP contribution in [0.4, 0.5) is 34.1 Å². The van der Waals surface area contributed by atoms with Crippen LogP contribution in [-0.4, -0.2) is 0 Å². The molecule has 6 aromatic rings. The lowest BCUT2D eigenvalue weighted by atomic mass is 9.62. The fourth-order valence-electron chi connectivity index (χ4n) is 7.10. The predicted molar refractivity (Wildman–Crippen MR) is 197 cm³/mol. The van der Waals surface area contributed by atoms with E-state index in [0.29, 0.717) is 0 Å². The summed E-state index contributed by atoms with van der Waals surface area (Å²) in [5.74, 6) is 0. The normalized spacial score (nSPS) is 14.7. The highest BCUT2D eigenvalue weighted by atomic mass is 15.1. The maximum atomic E-state index is 2.45. The molecule has 0 fully saturated rings. The number of benzene rings is 6. The molecule has 0 unspecified atom stereocenters. The molecule has 0 aromatic heterocycles. The fourth-order valence-corrected chi connectivity index (χ4v) is 7.10. The topological polar surface area (TPSA) is 6.48 Å². The fraction of sp³-hybridized carbons (Fsp3) is 0.182. The van der Waals surface area contributed by atoms with Gasteiger partial charge in [0, 0.05) is 28.4 Å². The highest BCUT2D eigenvalue weighted by Gasteiger charge is 2.39. The van der Waals surface area contributed by atoms with Crippen molar-refractivity contribution in [3.05, 3.63) is 169 Å². The molecule has 0 heterocycles. The molecule has 0 radical (unpaired) electrons. The molecule has 1 aliphatic carbocycles. The summed E-state index contributed by atoms with van der Waals surface area (Å²) >= 11 is 0. The van der Waals surface area contributed by atoms with E-state index in [0.717, 1.165) is 17.1 Å². The second-order valence-corrected chi connectivity index (χ2v) is 13.7. The van der Waals surface area contributed by atoms with Crippen molar-refractivity contribution in [3.63, 3.8) is 0 Å². The average Bonchev–Trinajstić information content (AvgIpc) is 3.09. The summed E-state index contributed by atoms with van der Waals surface area (Å²) in [4.78, 5) is 4.75. The lowest BCUT2D eigenvalue weighted by molar-refractivity contribution is 0.332. The van der Waals surface area contributed by atoms with Gasteiger partial charge in [-0.3, -0.25) is 0 Å². The first-order chi connectivity index (χ1) is 22.3. The number of hydrogen-bond acceptors (Lipinski definition) is 2.